The van der Waals surface area contributed by atoms with Crippen molar-refractivity contribution in [1.82, 2.24) is 0 Å². The fourth-order valence-corrected chi connectivity index (χ4v) is 4.62. The van der Waals surface area contributed by atoms with E-state index in [4.69, 9.17) is 10.2 Å². The number of rotatable bonds is 4. The average Bonchev–Trinajstić information content (AvgIpc) is 2.93. The van der Waals surface area contributed by atoms with Crippen LogP contribution in [0.2, 0.25) is 0 Å². The molecule has 1 aromatic heterocycles. The monoisotopic (exact) mass is 273 g/mol. The lowest BCUT2D eigenvalue weighted by molar-refractivity contribution is 0.0286. The van der Waals surface area contributed by atoms with Gasteiger partial charge in [-0.2, -0.15) is 0 Å². The van der Waals surface area contributed by atoms with Crippen molar-refractivity contribution in [3.05, 3.63) is 23.7 Å². The van der Waals surface area contributed by atoms with Crippen LogP contribution in [0.3, 0.4) is 0 Å². The van der Waals surface area contributed by atoms with Gasteiger partial charge in [-0.05, 0) is 18.6 Å². The summed E-state index contributed by atoms with van der Waals surface area (Å²) in [5.74, 6) is 1.20. The highest BCUT2D eigenvalue weighted by Crippen LogP contribution is 2.42. The summed E-state index contributed by atoms with van der Waals surface area (Å²) in [6.07, 6.45) is 0.163. The molecule has 1 saturated heterocycles. The third kappa shape index (κ3) is 2.32. The van der Waals surface area contributed by atoms with Gasteiger partial charge in [0, 0.05) is 18.4 Å². The fraction of sp³-hybridized carbons (Fsp3) is 0.667. The summed E-state index contributed by atoms with van der Waals surface area (Å²) in [6, 6.07) is 3.50. The Morgan fingerprint density at radius 2 is 2.28 bits per heavy atom. The highest BCUT2D eigenvalue weighted by atomic mass is 32.2. The predicted octanol–water partition coefficient (Wildman–Crippen LogP) is 0.639. The van der Waals surface area contributed by atoms with Gasteiger partial charge in [-0.1, -0.05) is 6.92 Å². The minimum atomic E-state index is -3.10. The van der Waals surface area contributed by atoms with Crippen molar-refractivity contribution < 1.29 is 17.9 Å². The van der Waals surface area contributed by atoms with E-state index < -0.39 is 21.4 Å². The highest BCUT2D eigenvalue weighted by molar-refractivity contribution is 7.91. The van der Waals surface area contributed by atoms with Crippen LogP contribution in [-0.4, -0.2) is 31.6 Å². The SMILES string of the molecule is CCc1ccc(C(O)C2(CN)CCS(=O)(=O)C2)o1. The van der Waals surface area contributed by atoms with Crippen molar-refractivity contribution in [2.75, 3.05) is 18.1 Å². The number of hydrogen-bond acceptors (Lipinski definition) is 5. The summed E-state index contributed by atoms with van der Waals surface area (Å²) in [7, 11) is -3.10. The zero-order valence-electron chi connectivity index (χ0n) is 10.4. The van der Waals surface area contributed by atoms with Gasteiger partial charge >= 0.3 is 0 Å². The second kappa shape index (κ2) is 4.68. The molecule has 2 unspecified atom stereocenters. The van der Waals surface area contributed by atoms with Gasteiger partial charge in [-0.15, -0.1) is 0 Å². The summed E-state index contributed by atoms with van der Waals surface area (Å²) >= 11 is 0. The average molecular weight is 273 g/mol. The number of aryl methyl sites for hydroxylation is 1. The number of sulfone groups is 1. The van der Waals surface area contributed by atoms with Crippen LogP contribution < -0.4 is 5.73 Å². The van der Waals surface area contributed by atoms with E-state index in [2.05, 4.69) is 0 Å². The number of furan rings is 1. The molecular weight excluding hydrogens is 254 g/mol. The lowest BCUT2D eigenvalue weighted by Crippen LogP contribution is -2.37. The minimum absolute atomic E-state index is 0.0696. The van der Waals surface area contributed by atoms with Gasteiger partial charge in [0.2, 0.25) is 0 Å². The third-order valence-corrected chi connectivity index (χ3v) is 5.55. The van der Waals surface area contributed by atoms with E-state index in [-0.39, 0.29) is 18.1 Å². The molecule has 0 amide bonds. The lowest BCUT2D eigenvalue weighted by Gasteiger charge is -2.30. The Morgan fingerprint density at radius 1 is 1.56 bits per heavy atom. The van der Waals surface area contributed by atoms with Gasteiger partial charge in [0.25, 0.3) is 0 Å². The molecule has 18 heavy (non-hydrogen) atoms. The van der Waals surface area contributed by atoms with Crippen molar-refractivity contribution in [3.8, 4) is 0 Å². The van der Waals surface area contributed by atoms with Crippen molar-refractivity contribution in [3.63, 3.8) is 0 Å². The number of aliphatic hydroxyl groups excluding tert-OH is 1. The molecule has 0 bridgehead atoms. The minimum Gasteiger partial charge on any atom is -0.463 e. The van der Waals surface area contributed by atoms with Crippen LogP contribution in [0.25, 0.3) is 0 Å². The third-order valence-electron chi connectivity index (χ3n) is 3.71. The predicted molar refractivity (Wildman–Crippen MR) is 67.8 cm³/mol. The van der Waals surface area contributed by atoms with Crippen LogP contribution in [0, 0.1) is 5.41 Å². The summed E-state index contributed by atoms with van der Waals surface area (Å²) in [5.41, 5.74) is 4.90. The Balaban J connectivity index is 2.28. The molecule has 2 atom stereocenters. The summed E-state index contributed by atoms with van der Waals surface area (Å²) < 4.78 is 28.7. The molecule has 1 aromatic rings. The van der Waals surface area contributed by atoms with Crippen LogP contribution in [0.4, 0.5) is 0 Å². The molecule has 1 aliphatic heterocycles. The second-order valence-corrected chi connectivity index (χ2v) is 7.15. The Labute approximate surface area is 107 Å². The zero-order valence-corrected chi connectivity index (χ0v) is 11.2. The molecule has 0 aliphatic carbocycles. The van der Waals surface area contributed by atoms with Gasteiger partial charge < -0.3 is 15.3 Å². The van der Waals surface area contributed by atoms with Crippen molar-refractivity contribution >= 4 is 9.84 Å². The molecule has 5 nitrogen and oxygen atoms in total. The van der Waals surface area contributed by atoms with E-state index in [1.165, 1.54) is 0 Å². The molecular formula is C12H19NO4S. The highest BCUT2D eigenvalue weighted by Gasteiger charge is 2.48. The molecule has 1 aliphatic rings. The molecule has 2 rings (SSSR count). The lowest BCUT2D eigenvalue weighted by atomic mass is 9.80. The van der Waals surface area contributed by atoms with Gasteiger partial charge in [-0.3, -0.25) is 0 Å². The first kappa shape index (κ1) is 13.6. The summed E-state index contributed by atoms with van der Waals surface area (Å²) in [4.78, 5) is 0. The first-order chi connectivity index (χ1) is 8.42. The maximum absolute atomic E-state index is 11.6. The first-order valence-corrected chi connectivity index (χ1v) is 7.92. The Hall–Kier alpha value is -0.850. The molecule has 6 heteroatoms. The van der Waals surface area contributed by atoms with E-state index >= 15 is 0 Å². The van der Waals surface area contributed by atoms with Crippen molar-refractivity contribution in [1.29, 1.82) is 0 Å². The van der Waals surface area contributed by atoms with Crippen molar-refractivity contribution in [2.24, 2.45) is 11.1 Å². The van der Waals surface area contributed by atoms with Gasteiger partial charge in [-0.25, -0.2) is 8.42 Å². The molecule has 3 N–H and O–H groups in total. The largest absolute Gasteiger partial charge is 0.463 e. The second-order valence-electron chi connectivity index (χ2n) is 4.97. The number of aliphatic hydroxyl groups is 1. The molecule has 2 heterocycles. The van der Waals surface area contributed by atoms with E-state index in [0.717, 1.165) is 12.2 Å². The molecule has 1 fully saturated rings. The molecule has 102 valence electrons. The number of nitrogens with two attached hydrogens (primary N) is 1. The van der Waals surface area contributed by atoms with E-state index in [0.29, 0.717) is 12.2 Å². The first-order valence-electron chi connectivity index (χ1n) is 6.09. The Bertz CT molecular complexity index is 522. The standard InChI is InChI=1S/C12H19NO4S/c1-2-9-3-4-10(17-9)11(14)12(7-13)5-6-18(15,16)8-12/h3-4,11,14H,2,5-8,13H2,1H3. The summed E-state index contributed by atoms with van der Waals surface area (Å²) in [6.45, 7) is 2.09. The van der Waals surface area contributed by atoms with Crippen molar-refractivity contribution in [2.45, 2.75) is 25.9 Å². The smallest absolute Gasteiger partial charge is 0.151 e. The van der Waals surface area contributed by atoms with E-state index in [1.807, 2.05) is 6.92 Å². The molecule has 0 saturated carbocycles. The molecule has 0 spiro atoms. The molecule has 0 aromatic carbocycles. The normalized spacial score (nSPS) is 28.4. The maximum Gasteiger partial charge on any atom is 0.151 e. The van der Waals surface area contributed by atoms with Gasteiger partial charge in [0.1, 0.15) is 17.6 Å². The maximum atomic E-state index is 11.6. The van der Waals surface area contributed by atoms with Gasteiger partial charge in [0.15, 0.2) is 9.84 Å². The van der Waals surface area contributed by atoms with Crippen LogP contribution in [0.5, 0.6) is 0 Å². The van der Waals surface area contributed by atoms with Crippen LogP contribution in [-0.2, 0) is 16.3 Å². The van der Waals surface area contributed by atoms with Gasteiger partial charge in [0.05, 0.1) is 11.5 Å². The Morgan fingerprint density at radius 3 is 2.72 bits per heavy atom. The fourth-order valence-electron chi connectivity index (χ4n) is 2.46. The summed E-state index contributed by atoms with van der Waals surface area (Å²) in [5, 5.41) is 10.4. The van der Waals surface area contributed by atoms with Crippen LogP contribution >= 0.6 is 0 Å². The molecule has 0 radical (unpaired) electrons. The van der Waals surface area contributed by atoms with Crippen LogP contribution in [0.1, 0.15) is 31.0 Å². The quantitative estimate of drug-likeness (QED) is 0.839. The van der Waals surface area contributed by atoms with Crippen LogP contribution in [0.15, 0.2) is 16.5 Å². The number of hydrogen-bond donors (Lipinski definition) is 2. The van der Waals surface area contributed by atoms with E-state index in [9.17, 15) is 13.5 Å². The topological polar surface area (TPSA) is 93.5 Å². The Kier molecular flexibility index (Phi) is 3.53. The van der Waals surface area contributed by atoms with E-state index in [1.54, 1.807) is 12.1 Å². The zero-order chi connectivity index (χ0) is 13.4.